The Morgan fingerprint density at radius 2 is 2.05 bits per heavy atom. The van der Waals surface area contributed by atoms with E-state index in [0.29, 0.717) is 19.6 Å². The van der Waals surface area contributed by atoms with Gasteiger partial charge in [-0.15, -0.1) is 0 Å². The molecule has 0 spiro atoms. The number of hydrogen-bond acceptors (Lipinski definition) is 3. The van der Waals surface area contributed by atoms with E-state index >= 15 is 0 Å². The SMILES string of the molecule is NCCCN(Cc1ccccc1)C(=O)Cn1cccn1. The lowest BCUT2D eigenvalue weighted by Gasteiger charge is -2.22. The van der Waals surface area contributed by atoms with Gasteiger partial charge in [0.1, 0.15) is 6.54 Å². The molecule has 0 saturated heterocycles. The highest BCUT2D eigenvalue weighted by atomic mass is 16.2. The van der Waals surface area contributed by atoms with E-state index in [1.165, 1.54) is 0 Å². The van der Waals surface area contributed by atoms with Gasteiger partial charge in [-0.3, -0.25) is 9.48 Å². The maximum absolute atomic E-state index is 12.3. The fraction of sp³-hybridized carbons (Fsp3) is 0.333. The van der Waals surface area contributed by atoms with Gasteiger partial charge in [0, 0.05) is 25.5 Å². The fourth-order valence-corrected chi connectivity index (χ4v) is 2.01. The predicted molar refractivity (Wildman–Crippen MR) is 77.8 cm³/mol. The Balaban J connectivity index is 2.00. The molecule has 2 rings (SSSR count). The van der Waals surface area contributed by atoms with Crippen molar-refractivity contribution in [3.63, 3.8) is 0 Å². The Kier molecular flexibility index (Phi) is 5.32. The predicted octanol–water partition coefficient (Wildman–Crippen LogP) is 1.26. The van der Waals surface area contributed by atoms with Crippen molar-refractivity contribution in [2.24, 2.45) is 5.73 Å². The van der Waals surface area contributed by atoms with E-state index in [9.17, 15) is 4.79 Å². The Hall–Kier alpha value is -2.14. The molecule has 2 aromatic rings. The molecule has 5 heteroatoms. The van der Waals surface area contributed by atoms with Crippen molar-refractivity contribution in [1.29, 1.82) is 0 Å². The average molecular weight is 272 g/mol. The number of aromatic nitrogens is 2. The van der Waals surface area contributed by atoms with Gasteiger partial charge in [0.25, 0.3) is 0 Å². The van der Waals surface area contributed by atoms with Gasteiger partial charge in [0.05, 0.1) is 0 Å². The van der Waals surface area contributed by atoms with Crippen LogP contribution in [0.25, 0.3) is 0 Å². The highest BCUT2D eigenvalue weighted by Gasteiger charge is 2.14. The molecule has 0 aliphatic rings. The summed E-state index contributed by atoms with van der Waals surface area (Å²) < 4.78 is 1.64. The summed E-state index contributed by atoms with van der Waals surface area (Å²) in [5, 5.41) is 4.07. The molecule has 106 valence electrons. The highest BCUT2D eigenvalue weighted by molar-refractivity contribution is 5.75. The van der Waals surface area contributed by atoms with E-state index in [1.54, 1.807) is 17.1 Å². The van der Waals surface area contributed by atoms with Crippen LogP contribution < -0.4 is 5.73 Å². The molecule has 1 amide bonds. The zero-order valence-corrected chi connectivity index (χ0v) is 11.5. The second kappa shape index (κ2) is 7.45. The molecule has 5 nitrogen and oxygen atoms in total. The molecular weight excluding hydrogens is 252 g/mol. The van der Waals surface area contributed by atoms with Gasteiger partial charge in [-0.05, 0) is 24.6 Å². The van der Waals surface area contributed by atoms with E-state index in [4.69, 9.17) is 5.73 Å². The van der Waals surface area contributed by atoms with Crippen LogP contribution in [0.15, 0.2) is 48.8 Å². The summed E-state index contributed by atoms with van der Waals surface area (Å²) in [5.41, 5.74) is 6.67. The maximum Gasteiger partial charge on any atom is 0.244 e. The van der Waals surface area contributed by atoms with Crippen molar-refractivity contribution >= 4 is 5.91 Å². The first-order chi connectivity index (χ1) is 9.79. The first kappa shape index (κ1) is 14.3. The van der Waals surface area contributed by atoms with Crippen molar-refractivity contribution in [3.05, 3.63) is 54.4 Å². The molecule has 1 heterocycles. The molecule has 0 atom stereocenters. The van der Waals surface area contributed by atoms with Crippen LogP contribution in [-0.4, -0.2) is 33.7 Å². The normalized spacial score (nSPS) is 10.4. The zero-order chi connectivity index (χ0) is 14.2. The van der Waals surface area contributed by atoms with Gasteiger partial charge in [-0.25, -0.2) is 0 Å². The Morgan fingerprint density at radius 3 is 2.70 bits per heavy atom. The Bertz CT molecular complexity index is 510. The minimum Gasteiger partial charge on any atom is -0.337 e. The van der Waals surface area contributed by atoms with E-state index in [1.807, 2.05) is 41.3 Å². The summed E-state index contributed by atoms with van der Waals surface area (Å²) in [6.45, 7) is 2.14. The van der Waals surface area contributed by atoms with Crippen LogP contribution in [0.5, 0.6) is 0 Å². The van der Waals surface area contributed by atoms with Crippen LogP contribution in [0.2, 0.25) is 0 Å². The number of rotatable bonds is 7. The van der Waals surface area contributed by atoms with Crippen molar-refractivity contribution in [2.45, 2.75) is 19.5 Å². The summed E-state index contributed by atoms with van der Waals surface area (Å²) in [5.74, 6) is 0.0611. The third kappa shape index (κ3) is 4.20. The van der Waals surface area contributed by atoms with Crippen LogP contribution in [0, 0.1) is 0 Å². The molecular formula is C15H20N4O. The van der Waals surface area contributed by atoms with Crippen LogP contribution in [0.4, 0.5) is 0 Å². The van der Waals surface area contributed by atoms with Gasteiger partial charge >= 0.3 is 0 Å². The number of nitrogens with zero attached hydrogens (tertiary/aromatic N) is 3. The first-order valence-electron chi connectivity index (χ1n) is 6.79. The summed E-state index contributed by atoms with van der Waals surface area (Å²) >= 11 is 0. The monoisotopic (exact) mass is 272 g/mol. The van der Waals surface area contributed by atoms with Crippen LogP contribution in [0.3, 0.4) is 0 Å². The third-order valence-corrected chi connectivity index (χ3v) is 3.06. The van der Waals surface area contributed by atoms with Crippen molar-refractivity contribution in [1.82, 2.24) is 14.7 Å². The number of carbonyl (C=O) groups is 1. The second-order valence-corrected chi connectivity index (χ2v) is 4.65. The topological polar surface area (TPSA) is 64.2 Å². The smallest absolute Gasteiger partial charge is 0.244 e. The molecule has 0 saturated carbocycles. The van der Waals surface area contributed by atoms with Crippen LogP contribution in [-0.2, 0) is 17.9 Å². The minimum atomic E-state index is 0.0611. The Morgan fingerprint density at radius 1 is 1.25 bits per heavy atom. The first-order valence-corrected chi connectivity index (χ1v) is 6.79. The largest absolute Gasteiger partial charge is 0.337 e. The van der Waals surface area contributed by atoms with Crippen LogP contribution >= 0.6 is 0 Å². The minimum absolute atomic E-state index is 0.0611. The van der Waals surface area contributed by atoms with E-state index in [0.717, 1.165) is 12.0 Å². The summed E-state index contributed by atoms with van der Waals surface area (Å²) in [6.07, 6.45) is 4.27. The highest BCUT2D eigenvalue weighted by Crippen LogP contribution is 2.06. The molecule has 0 aliphatic heterocycles. The number of nitrogens with two attached hydrogens (primary N) is 1. The quantitative estimate of drug-likeness (QED) is 0.825. The van der Waals surface area contributed by atoms with Gasteiger partial charge < -0.3 is 10.6 Å². The molecule has 1 aromatic carbocycles. The van der Waals surface area contributed by atoms with Gasteiger partial charge in [0.15, 0.2) is 0 Å². The lowest BCUT2D eigenvalue weighted by molar-refractivity contribution is -0.132. The van der Waals surface area contributed by atoms with E-state index in [-0.39, 0.29) is 12.5 Å². The van der Waals surface area contributed by atoms with Gasteiger partial charge in [-0.2, -0.15) is 5.10 Å². The van der Waals surface area contributed by atoms with E-state index < -0.39 is 0 Å². The number of benzene rings is 1. The van der Waals surface area contributed by atoms with E-state index in [2.05, 4.69) is 5.10 Å². The molecule has 0 radical (unpaired) electrons. The fourth-order valence-electron chi connectivity index (χ4n) is 2.01. The average Bonchev–Trinajstić information content (AvgIpc) is 2.97. The number of amides is 1. The van der Waals surface area contributed by atoms with Gasteiger partial charge in [0.2, 0.25) is 5.91 Å². The molecule has 20 heavy (non-hydrogen) atoms. The molecule has 1 aromatic heterocycles. The number of carbonyl (C=O) groups excluding carboxylic acids is 1. The number of hydrogen-bond donors (Lipinski definition) is 1. The molecule has 0 aliphatic carbocycles. The summed E-state index contributed by atoms with van der Waals surface area (Å²) in [7, 11) is 0. The molecule has 0 fully saturated rings. The lowest BCUT2D eigenvalue weighted by atomic mass is 10.2. The molecule has 0 bridgehead atoms. The standard InChI is InChI=1S/C15H20N4O/c16-8-4-10-18(12-14-6-2-1-3-7-14)15(20)13-19-11-5-9-17-19/h1-3,5-7,9,11H,4,8,10,12-13,16H2. The summed E-state index contributed by atoms with van der Waals surface area (Å²) in [6, 6.07) is 11.8. The Labute approximate surface area is 119 Å². The van der Waals surface area contributed by atoms with Gasteiger partial charge in [-0.1, -0.05) is 30.3 Å². The van der Waals surface area contributed by atoms with Crippen molar-refractivity contribution in [3.8, 4) is 0 Å². The second-order valence-electron chi connectivity index (χ2n) is 4.65. The maximum atomic E-state index is 12.3. The van der Waals surface area contributed by atoms with Crippen molar-refractivity contribution in [2.75, 3.05) is 13.1 Å². The lowest BCUT2D eigenvalue weighted by Crippen LogP contribution is -2.35. The molecule has 0 unspecified atom stereocenters. The van der Waals surface area contributed by atoms with Crippen LogP contribution in [0.1, 0.15) is 12.0 Å². The van der Waals surface area contributed by atoms with Crippen molar-refractivity contribution < 1.29 is 4.79 Å². The summed E-state index contributed by atoms with van der Waals surface area (Å²) in [4.78, 5) is 14.2. The molecule has 2 N–H and O–H groups in total. The zero-order valence-electron chi connectivity index (χ0n) is 11.5. The third-order valence-electron chi connectivity index (χ3n) is 3.06.